The van der Waals surface area contributed by atoms with Crippen molar-refractivity contribution < 1.29 is 13.2 Å². The van der Waals surface area contributed by atoms with E-state index in [0.29, 0.717) is 11.6 Å². The van der Waals surface area contributed by atoms with E-state index < -0.39 is 15.7 Å². The lowest BCUT2D eigenvalue weighted by Gasteiger charge is -2.24. The van der Waals surface area contributed by atoms with E-state index in [2.05, 4.69) is 4.90 Å². The summed E-state index contributed by atoms with van der Waals surface area (Å²) in [5.41, 5.74) is 6.13. The predicted molar refractivity (Wildman–Crippen MR) is 87.5 cm³/mol. The van der Waals surface area contributed by atoms with E-state index >= 15 is 0 Å². The third-order valence-electron chi connectivity index (χ3n) is 3.95. The standard InChI is InChI=1S/C15H21ClN2O3S/c16-13-4-1-3-12(11-13)14-5-2-7-18(14)8-10-22(20,21)9-6-15(17)19/h1,3-4,11,14H,2,5-10H2,(H2,17,19)/t14-/m1/s1. The largest absolute Gasteiger partial charge is 0.370 e. The van der Waals surface area contributed by atoms with Gasteiger partial charge in [0, 0.05) is 24.0 Å². The smallest absolute Gasteiger partial charge is 0.218 e. The molecule has 1 amide bonds. The Morgan fingerprint density at radius 1 is 1.36 bits per heavy atom. The summed E-state index contributed by atoms with van der Waals surface area (Å²) >= 11 is 6.03. The second kappa shape index (κ2) is 7.44. The maximum absolute atomic E-state index is 11.9. The topological polar surface area (TPSA) is 80.5 Å². The van der Waals surface area contributed by atoms with Gasteiger partial charge in [-0.15, -0.1) is 0 Å². The van der Waals surface area contributed by atoms with Gasteiger partial charge < -0.3 is 5.73 Å². The van der Waals surface area contributed by atoms with Gasteiger partial charge in [-0.3, -0.25) is 9.69 Å². The van der Waals surface area contributed by atoms with E-state index in [1.165, 1.54) is 0 Å². The molecule has 1 atom stereocenters. The fourth-order valence-corrected chi connectivity index (χ4v) is 4.23. The van der Waals surface area contributed by atoms with Crippen LogP contribution in [0.4, 0.5) is 0 Å². The zero-order valence-electron chi connectivity index (χ0n) is 12.4. The molecule has 1 heterocycles. The summed E-state index contributed by atoms with van der Waals surface area (Å²) in [5, 5.41) is 0.693. The molecule has 1 aromatic rings. The van der Waals surface area contributed by atoms with Crippen molar-refractivity contribution in [3.8, 4) is 0 Å². The average molecular weight is 345 g/mol. The van der Waals surface area contributed by atoms with Crippen molar-refractivity contribution in [3.63, 3.8) is 0 Å². The van der Waals surface area contributed by atoms with Crippen LogP contribution in [-0.4, -0.2) is 43.8 Å². The Morgan fingerprint density at radius 3 is 2.82 bits per heavy atom. The summed E-state index contributed by atoms with van der Waals surface area (Å²) in [5.74, 6) is -0.698. The van der Waals surface area contributed by atoms with E-state index in [1.807, 2.05) is 24.3 Å². The number of carbonyl (C=O) groups excluding carboxylic acids is 1. The molecule has 0 aromatic heterocycles. The quantitative estimate of drug-likeness (QED) is 0.817. The fourth-order valence-electron chi connectivity index (χ4n) is 2.80. The fraction of sp³-hybridized carbons (Fsp3) is 0.533. The van der Waals surface area contributed by atoms with Crippen molar-refractivity contribution in [2.45, 2.75) is 25.3 Å². The molecule has 0 spiro atoms. The van der Waals surface area contributed by atoms with Crippen LogP contribution in [-0.2, 0) is 14.6 Å². The van der Waals surface area contributed by atoms with Crippen LogP contribution in [0, 0.1) is 0 Å². The SMILES string of the molecule is NC(=O)CCS(=O)(=O)CCN1CCC[C@@H]1c1cccc(Cl)c1. The minimum absolute atomic E-state index is 0.0529. The maximum Gasteiger partial charge on any atom is 0.218 e. The van der Waals surface area contributed by atoms with Crippen molar-refractivity contribution >= 4 is 27.3 Å². The number of halogens is 1. The van der Waals surface area contributed by atoms with Gasteiger partial charge in [-0.25, -0.2) is 8.42 Å². The summed E-state index contributed by atoms with van der Waals surface area (Å²) in [6, 6.07) is 7.92. The molecule has 2 rings (SSSR count). The monoisotopic (exact) mass is 344 g/mol. The van der Waals surface area contributed by atoms with Crippen molar-refractivity contribution in [3.05, 3.63) is 34.9 Å². The lowest BCUT2D eigenvalue weighted by molar-refractivity contribution is -0.117. The molecule has 5 nitrogen and oxygen atoms in total. The Kier molecular flexibility index (Phi) is 5.83. The number of rotatable bonds is 7. The molecule has 1 aromatic carbocycles. The highest BCUT2D eigenvalue weighted by Crippen LogP contribution is 2.32. The molecule has 1 saturated heterocycles. The predicted octanol–water partition coefficient (Wildman–Crippen LogP) is 1.77. The normalized spacial score (nSPS) is 19.4. The highest BCUT2D eigenvalue weighted by Gasteiger charge is 2.27. The summed E-state index contributed by atoms with van der Waals surface area (Å²) in [6.07, 6.45) is 1.93. The molecule has 0 unspecified atom stereocenters. The molecule has 0 aliphatic carbocycles. The van der Waals surface area contributed by atoms with Crippen LogP contribution in [0.3, 0.4) is 0 Å². The second-order valence-corrected chi connectivity index (χ2v) is 8.36. The van der Waals surface area contributed by atoms with Gasteiger partial charge in [0.05, 0.1) is 11.5 Å². The van der Waals surface area contributed by atoms with Gasteiger partial charge in [-0.1, -0.05) is 23.7 Å². The van der Waals surface area contributed by atoms with Crippen LogP contribution in [0.1, 0.15) is 30.9 Å². The number of nitrogens with two attached hydrogens (primary N) is 1. The van der Waals surface area contributed by atoms with E-state index in [0.717, 1.165) is 24.9 Å². The number of benzene rings is 1. The number of primary amides is 1. The number of hydrogen-bond donors (Lipinski definition) is 1. The maximum atomic E-state index is 11.9. The summed E-state index contributed by atoms with van der Waals surface area (Å²) in [6.45, 7) is 1.35. The van der Waals surface area contributed by atoms with Gasteiger partial charge in [0.1, 0.15) is 0 Å². The number of hydrogen-bond acceptors (Lipinski definition) is 4. The van der Waals surface area contributed by atoms with Crippen LogP contribution in [0.5, 0.6) is 0 Å². The molecular formula is C15H21ClN2O3S. The minimum atomic E-state index is -3.25. The zero-order valence-corrected chi connectivity index (χ0v) is 13.9. The highest BCUT2D eigenvalue weighted by molar-refractivity contribution is 7.91. The van der Waals surface area contributed by atoms with Crippen molar-refractivity contribution in [1.29, 1.82) is 0 Å². The molecule has 1 aliphatic heterocycles. The van der Waals surface area contributed by atoms with Crippen molar-refractivity contribution in [2.75, 3.05) is 24.6 Å². The third-order valence-corrected chi connectivity index (χ3v) is 5.81. The van der Waals surface area contributed by atoms with Gasteiger partial charge in [0.25, 0.3) is 0 Å². The number of nitrogens with zero attached hydrogens (tertiary/aromatic N) is 1. The molecule has 0 radical (unpaired) electrons. The van der Waals surface area contributed by atoms with Gasteiger partial charge in [0.2, 0.25) is 5.91 Å². The molecule has 0 saturated carbocycles. The zero-order chi connectivity index (χ0) is 16.2. The van der Waals surface area contributed by atoms with E-state index in [-0.39, 0.29) is 24.0 Å². The Balaban J connectivity index is 1.96. The van der Waals surface area contributed by atoms with Gasteiger partial charge in [-0.05, 0) is 37.1 Å². The van der Waals surface area contributed by atoms with Gasteiger partial charge in [0.15, 0.2) is 9.84 Å². The molecule has 22 heavy (non-hydrogen) atoms. The van der Waals surface area contributed by atoms with Crippen molar-refractivity contribution in [1.82, 2.24) is 4.90 Å². The molecule has 1 aliphatic rings. The third kappa shape index (κ3) is 4.97. The van der Waals surface area contributed by atoms with Crippen LogP contribution in [0.2, 0.25) is 5.02 Å². The van der Waals surface area contributed by atoms with Crippen LogP contribution < -0.4 is 5.73 Å². The van der Waals surface area contributed by atoms with Crippen molar-refractivity contribution in [2.24, 2.45) is 5.73 Å². The molecule has 2 N–H and O–H groups in total. The summed E-state index contributed by atoms with van der Waals surface area (Å²) in [4.78, 5) is 12.9. The first-order valence-corrected chi connectivity index (χ1v) is 9.55. The first-order chi connectivity index (χ1) is 10.4. The summed E-state index contributed by atoms with van der Waals surface area (Å²) < 4.78 is 23.9. The lowest BCUT2D eigenvalue weighted by atomic mass is 10.0. The Hall–Kier alpha value is -1.11. The number of sulfone groups is 1. The second-order valence-electron chi connectivity index (χ2n) is 5.62. The average Bonchev–Trinajstić information content (AvgIpc) is 2.92. The molecule has 1 fully saturated rings. The Labute approximate surface area is 136 Å². The highest BCUT2D eigenvalue weighted by atomic mass is 35.5. The van der Waals surface area contributed by atoms with Crippen LogP contribution in [0.25, 0.3) is 0 Å². The molecule has 0 bridgehead atoms. The van der Waals surface area contributed by atoms with Gasteiger partial charge in [-0.2, -0.15) is 0 Å². The number of carbonyl (C=O) groups is 1. The Morgan fingerprint density at radius 2 is 2.14 bits per heavy atom. The van der Waals surface area contributed by atoms with E-state index in [9.17, 15) is 13.2 Å². The molecule has 122 valence electrons. The number of likely N-dealkylation sites (tertiary alicyclic amines) is 1. The first kappa shape index (κ1) is 17.2. The lowest BCUT2D eigenvalue weighted by Crippen LogP contribution is -2.30. The molecular weight excluding hydrogens is 324 g/mol. The Bertz CT molecular complexity index is 633. The first-order valence-electron chi connectivity index (χ1n) is 7.35. The minimum Gasteiger partial charge on any atom is -0.370 e. The van der Waals surface area contributed by atoms with Crippen LogP contribution in [0.15, 0.2) is 24.3 Å². The molecule has 7 heteroatoms. The number of amides is 1. The van der Waals surface area contributed by atoms with Gasteiger partial charge >= 0.3 is 0 Å². The van der Waals surface area contributed by atoms with E-state index in [4.69, 9.17) is 17.3 Å². The van der Waals surface area contributed by atoms with E-state index in [1.54, 1.807) is 0 Å². The summed E-state index contributed by atoms with van der Waals surface area (Å²) in [7, 11) is -3.25. The van der Waals surface area contributed by atoms with Crippen LogP contribution >= 0.6 is 11.6 Å².